The Kier molecular flexibility index (Phi) is 3.15. The number of rotatable bonds is 0. The van der Waals surface area contributed by atoms with E-state index in [9.17, 15) is 27.2 Å². The molecule has 10 heteroatoms. The Morgan fingerprint density at radius 3 is 2.67 bits per heavy atom. The second kappa shape index (κ2) is 4.35. The third-order valence-electron chi connectivity index (χ3n) is 2.61. The van der Waals surface area contributed by atoms with Gasteiger partial charge in [0.05, 0.1) is 12.6 Å². The van der Waals surface area contributed by atoms with Gasteiger partial charge >= 0.3 is 18.2 Å². The van der Waals surface area contributed by atoms with Gasteiger partial charge in [0.15, 0.2) is 0 Å². The molecule has 3 unspecified atom stereocenters. The second-order valence-corrected chi connectivity index (χ2v) is 3.80. The monoisotopic (exact) mass is 272 g/mol. The molecule has 2 aliphatic rings. The molecule has 2 heterocycles. The van der Waals surface area contributed by atoms with Gasteiger partial charge in [0.25, 0.3) is 0 Å². The molecule has 0 radical (unpaired) electrons. The fraction of sp³-hybridized carbons (Fsp3) is 0.750. The van der Waals surface area contributed by atoms with Crippen molar-refractivity contribution >= 4 is 12.1 Å². The Balaban J connectivity index is 2.00. The number of nitrogens with zero attached hydrogens (tertiary/aromatic N) is 1. The van der Waals surface area contributed by atoms with E-state index in [0.29, 0.717) is 5.06 Å². The number of hydroxylamine groups is 2. The number of hydrogen-bond donors (Lipinski definition) is 1. The molecule has 6 nitrogen and oxygen atoms in total. The summed E-state index contributed by atoms with van der Waals surface area (Å²) in [6.07, 6.45) is -8.46. The molecular weight excluding hydrogens is 264 g/mol. The maximum Gasteiger partial charge on any atom is 0.491 e. The number of carbonyl (C=O) groups is 2. The molecule has 0 aromatic heterocycles. The summed E-state index contributed by atoms with van der Waals surface area (Å²) in [5.74, 6) is -2.67. The van der Waals surface area contributed by atoms with Gasteiger partial charge in [-0.3, -0.25) is 4.84 Å². The zero-order valence-electron chi connectivity index (χ0n) is 8.74. The van der Waals surface area contributed by atoms with E-state index >= 15 is 0 Å². The molecule has 2 aliphatic heterocycles. The zero-order valence-corrected chi connectivity index (χ0v) is 8.74. The summed E-state index contributed by atoms with van der Waals surface area (Å²) in [5, 5.41) is 3.01. The lowest BCUT2D eigenvalue weighted by molar-refractivity contribution is -0.199. The Morgan fingerprint density at radius 1 is 1.39 bits per heavy atom. The number of hydrogen-bond acceptors (Lipinski definition) is 5. The van der Waals surface area contributed by atoms with Crippen LogP contribution in [0.4, 0.5) is 22.4 Å². The number of ether oxygens (including phenoxy) is 1. The summed E-state index contributed by atoms with van der Waals surface area (Å²) in [7, 11) is 0. The number of halogens is 4. The fourth-order valence-corrected chi connectivity index (χ4v) is 1.83. The minimum Gasteiger partial charge on any atom is -0.368 e. The van der Waals surface area contributed by atoms with Crippen LogP contribution in [0, 0.1) is 0 Å². The van der Waals surface area contributed by atoms with Crippen LogP contribution in [0.15, 0.2) is 0 Å². The topological polar surface area (TPSA) is 67.9 Å². The van der Waals surface area contributed by atoms with E-state index in [-0.39, 0.29) is 13.2 Å². The van der Waals surface area contributed by atoms with Gasteiger partial charge in [-0.1, -0.05) is 0 Å². The van der Waals surface area contributed by atoms with Crippen LogP contribution >= 0.6 is 0 Å². The van der Waals surface area contributed by atoms with E-state index in [1.165, 1.54) is 0 Å². The van der Waals surface area contributed by atoms with E-state index in [1.807, 2.05) is 0 Å². The molecule has 0 spiro atoms. The van der Waals surface area contributed by atoms with Crippen LogP contribution in [0.3, 0.4) is 0 Å². The Morgan fingerprint density at radius 2 is 2.06 bits per heavy atom. The van der Waals surface area contributed by atoms with E-state index in [0.717, 1.165) is 0 Å². The lowest BCUT2D eigenvalue weighted by atomic mass is 10.1. The predicted octanol–water partition coefficient (Wildman–Crippen LogP) is 0.138. The molecule has 0 aromatic carbocycles. The fourth-order valence-electron chi connectivity index (χ4n) is 1.83. The van der Waals surface area contributed by atoms with Crippen molar-refractivity contribution in [3.05, 3.63) is 0 Å². The highest BCUT2D eigenvalue weighted by Gasteiger charge is 2.51. The molecule has 0 saturated carbocycles. The maximum absolute atomic E-state index is 13.4. The Labute approximate surface area is 97.8 Å². The van der Waals surface area contributed by atoms with Crippen molar-refractivity contribution in [2.45, 2.75) is 24.4 Å². The number of esters is 1. The summed E-state index contributed by atoms with van der Waals surface area (Å²) in [4.78, 5) is 26.4. The van der Waals surface area contributed by atoms with Crippen LogP contribution in [0.1, 0.15) is 0 Å². The van der Waals surface area contributed by atoms with E-state index in [2.05, 4.69) is 10.1 Å². The van der Waals surface area contributed by atoms with Crippen molar-refractivity contribution in [1.82, 2.24) is 10.4 Å². The molecule has 1 N–H and O–H groups in total. The first-order chi connectivity index (χ1) is 8.30. The van der Waals surface area contributed by atoms with Crippen LogP contribution in [-0.4, -0.2) is 54.7 Å². The van der Waals surface area contributed by atoms with Gasteiger partial charge in [-0.15, -0.1) is 0 Å². The van der Waals surface area contributed by atoms with Gasteiger partial charge in [0.1, 0.15) is 12.2 Å². The van der Waals surface area contributed by atoms with Gasteiger partial charge in [-0.05, 0) is 0 Å². The third-order valence-corrected chi connectivity index (χ3v) is 2.61. The minimum absolute atomic E-state index is 0.0459. The Bertz CT molecular complexity index is 375. The highest BCUT2D eigenvalue weighted by atomic mass is 19.4. The smallest absolute Gasteiger partial charge is 0.368 e. The largest absolute Gasteiger partial charge is 0.491 e. The normalized spacial score (nSPS) is 31.3. The first kappa shape index (κ1) is 13.0. The molecule has 0 bridgehead atoms. The molecule has 2 rings (SSSR count). The minimum atomic E-state index is -5.29. The maximum atomic E-state index is 13.4. The first-order valence-corrected chi connectivity index (χ1v) is 4.93. The van der Waals surface area contributed by atoms with Crippen molar-refractivity contribution in [2.75, 3.05) is 13.2 Å². The van der Waals surface area contributed by atoms with Crippen LogP contribution in [0.25, 0.3) is 0 Å². The van der Waals surface area contributed by atoms with Gasteiger partial charge in [0, 0.05) is 6.54 Å². The average molecular weight is 272 g/mol. The average Bonchev–Trinajstić information content (AvgIpc) is 2.80. The summed E-state index contributed by atoms with van der Waals surface area (Å²) in [6.45, 7) is -0.129. The molecule has 3 atom stereocenters. The van der Waals surface area contributed by atoms with Crippen LogP contribution in [-0.2, 0) is 14.4 Å². The predicted molar refractivity (Wildman–Crippen MR) is 45.8 cm³/mol. The SMILES string of the molecule is O=C(OC(=O)C(F)(F)F)N1OCC2NCC(F)C21. The third kappa shape index (κ3) is 2.25. The molecule has 18 heavy (non-hydrogen) atoms. The van der Waals surface area contributed by atoms with Crippen molar-refractivity contribution < 1.29 is 36.7 Å². The lowest BCUT2D eigenvalue weighted by Gasteiger charge is -2.21. The number of carbonyl (C=O) groups excluding carboxylic acids is 2. The molecule has 0 aliphatic carbocycles. The highest BCUT2D eigenvalue weighted by Crippen LogP contribution is 2.26. The van der Waals surface area contributed by atoms with Gasteiger partial charge in [0.2, 0.25) is 0 Å². The van der Waals surface area contributed by atoms with E-state index < -0.39 is 36.5 Å². The first-order valence-electron chi connectivity index (χ1n) is 4.93. The second-order valence-electron chi connectivity index (χ2n) is 3.80. The van der Waals surface area contributed by atoms with Gasteiger partial charge in [-0.25, -0.2) is 14.0 Å². The lowest BCUT2D eigenvalue weighted by Crippen LogP contribution is -2.44. The van der Waals surface area contributed by atoms with E-state index in [1.54, 1.807) is 0 Å². The number of alkyl halides is 4. The standard InChI is InChI=1S/C8H8F4N2O4/c9-3-1-13-4-2-17-14(5(3)4)7(16)18-6(15)8(10,11)12/h3-5,13H,1-2H2. The highest BCUT2D eigenvalue weighted by molar-refractivity contribution is 5.87. The van der Waals surface area contributed by atoms with Gasteiger partial charge in [-0.2, -0.15) is 18.2 Å². The van der Waals surface area contributed by atoms with Crippen molar-refractivity contribution in [3.63, 3.8) is 0 Å². The number of amides is 1. The molecular formula is C8H8F4N2O4. The van der Waals surface area contributed by atoms with Crippen LogP contribution < -0.4 is 5.32 Å². The summed E-state index contributed by atoms with van der Waals surface area (Å²) >= 11 is 0. The van der Waals surface area contributed by atoms with Crippen molar-refractivity contribution in [2.24, 2.45) is 0 Å². The summed E-state index contributed by atoms with van der Waals surface area (Å²) in [6, 6.07) is -1.60. The number of nitrogens with one attached hydrogen (secondary N) is 1. The molecule has 2 saturated heterocycles. The summed E-state index contributed by atoms with van der Waals surface area (Å²) in [5.41, 5.74) is 0. The van der Waals surface area contributed by atoms with Crippen molar-refractivity contribution in [3.8, 4) is 0 Å². The van der Waals surface area contributed by atoms with Gasteiger partial charge < -0.3 is 10.1 Å². The number of fused-ring (bicyclic) bond motifs is 1. The summed E-state index contributed by atoms with van der Waals surface area (Å²) < 4.78 is 52.5. The van der Waals surface area contributed by atoms with E-state index in [4.69, 9.17) is 4.84 Å². The molecule has 102 valence electrons. The molecule has 2 fully saturated rings. The molecule has 1 amide bonds. The Hall–Kier alpha value is -1.42. The van der Waals surface area contributed by atoms with Crippen LogP contribution in [0.2, 0.25) is 0 Å². The molecule has 0 aromatic rings. The quantitative estimate of drug-likeness (QED) is 0.386. The zero-order chi connectivity index (χ0) is 13.5. The van der Waals surface area contributed by atoms with Crippen LogP contribution in [0.5, 0.6) is 0 Å². The van der Waals surface area contributed by atoms with Crippen molar-refractivity contribution in [1.29, 1.82) is 0 Å².